The van der Waals surface area contributed by atoms with Gasteiger partial charge in [-0.15, -0.1) is 0 Å². The summed E-state index contributed by atoms with van der Waals surface area (Å²) in [7, 11) is 3.28. The molecule has 0 heterocycles. The molecule has 0 fully saturated rings. The summed E-state index contributed by atoms with van der Waals surface area (Å²) < 4.78 is 44.0. The number of guanidine groups is 1. The fourth-order valence-electron chi connectivity index (χ4n) is 1.46. The molecule has 0 bridgehead atoms. The summed E-state index contributed by atoms with van der Waals surface area (Å²) in [4.78, 5) is 3.87. The van der Waals surface area contributed by atoms with Gasteiger partial charge < -0.3 is 15.4 Å². The van der Waals surface area contributed by atoms with Gasteiger partial charge in [0, 0.05) is 18.6 Å². The van der Waals surface area contributed by atoms with E-state index in [1.165, 1.54) is 12.1 Å². The minimum Gasteiger partial charge on any atom is -0.491 e. The zero-order valence-electron chi connectivity index (χ0n) is 11.0. The summed E-state index contributed by atoms with van der Waals surface area (Å²) in [5, 5.41) is 5.67. The van der Waals surface area contributed by atoms with Crippen molar-refractivity contribution in [1.82, 2.24) is 10.6 Å². The quantitative estimate of drug-likeness (QED) is 0.497. The van der Waals surface area contributed by atoms with Crippen molar-refractivity contribution in [3.05, 3.63) is 28.2 Å². The molecule has 0 radical (unpaired) electrons. The molecule has 0 unspecified atom stereocenters. The average Bonchev–Trinajstić information content (AvgIpc) is 2.39. The van der Waals surface area contributed by atoms with E-state index in [1.807, 2.05) is 0 Å². The van der Waals surface area contributed by atoms with Gasteiger partial charge in [-0.25, -0.2) is 0 Å². The minimum absolute atomic E-state index is 0.0887. The smallest absolute Gasteiger partial charge is 0.420 e. The number of aliphatic imine (C=N–C) groups is 1. The molecule has 0 saturated carbocycles. The van der Waals surface area contributed by atoms with Gasteiger partial charge in [0.15, 0.2) is 5.96 Å². The normalized spacial score (nSPS) is 12.2. The average molecular weight is 354 g/mol. The largest absolute Gasteiger partial charge is 0.491 e. The van der Waals surface area contributed by atoms with Crippen molar-refractivity contribution in [2.24, 2.45) is 4.99 Å². The van der Waals surface area contributed by atoms with E-state index in [2.05, 4.69) is 31.6 Å². The molecule has 0 spiro atoms. The van der Waals surface area contributed by atoms with E-state index in [9.17, 15) is 13.2 Å². The van der Waals surface area contributed by atoms with Gasteiger partial charge in [0.2, 0.25) is 0 Å². The minimum atomic E-state index is -4.45. The van der Waals surface area contributed by atoms with E-state index in [0.29, 0.717) is 17.0 Å². The zero-order chi connectivity index (χ0) is 15.2. The Kier molecular flexibility index (Phi) is 6.12. The maximum absolute atomic E-state index is 12.8. The fraction of sp³-hybridized carbons (Fsp3) is 0.417. The molecule has 0 aromatic heterocycles. The van der Waals surface area contributed by atoms with E-state index in [0.717, 1.165) is 6.07 Å². The fourth-order valence-corrected chi connectivity index (χ4v) is 1.82. The van der Waals surface area contributed by atoms with Gasteiger partial charge >= 0.3 is 6.18 Å². The van der Waals surface area contributed by atoms with Crippen molar-refractivity contribution >= 4 is 21.9 Å². The van der Waals surface area contributed by atoms with Crippen LogP contribution in [-0.2, 0) is 6.18 Å². The molecule has 0 atom stereocenters. The second-order valence-electron chi connectivity index (χ2n) is 3.74. The second kappa shape index (κ2) is 7.37. The molecule has 1 aromatic carbocycles. The number of halogens is 4. The number of rotatable bonds is 4. The van der Waals surface area contributed by atoms with E-state index in [-0.39, 0.29) is 12.4 Å². The predicted octanol–water partition coefficient (Wildman–Crippen LogP) is 2.64. The van der Waals surface area contributed by atoms with Crippen molar-refractivity contribution in [2.45, 2.75) is 6.18 Å². The Morgan fingerprint density at radius 2 is 2.10 bits per heavy atom. The SMILES string of the molecule is CN=C(NC)NCCOc1ccc(Br)cc1C(F)(F)F. The Morgan fingerprint density at radius 3 is 2.65 bits per heavy atom. The van der Waals surface area contributed by atoms with Crippen LogP contribution < -0.4 is 15.4 Å². The van der Waals surface area contributed by atoms with Crippen LogP contribution in [0, 0.1) is 0 Å². The number of benzene rings is 1. The third kappa shape index (κ3) is 4.92. The lowest BCUT2D eigenvalue weighted by Gasteiger charge is -2.15. The van der Waals surface area contributed by atoms with Crippen molar-refractivity contribution in [2.75, 3.05) is 27.2 Å². The molecule has 2 N–H and O–H groups in total. The predicted molar refractivity (Wildman–Crippen MR) is 75.1 cm³/mol. The van der Waals surface area contributed by atoms with Crippen molar-refractivity contribution in [3.63, 3.8) is 0 Å². The molecular formula is C12H15BrF3N3O. The van der Waals surface area contributed by atoms with Gasteiger partial charge in [-0.3, -0.25) is 4.99 Å². The lowest BCUT2D eigenvalue weighted by Crippen LogP contribution is -2.37. The number of nitrogens with zero attached hydrogens (tertiary/aromatic N) is 1. The maximum atomic E-state index is 12.8. The van der Waals surface area contributed by atoms with Crippen LogP contribution in [0.25, 0.3) is 0 Å². The lowest BCUT2D eigenvalue weighted by atomic mass is 10.2. The van der Waals surface area contributed by atoms with E-state index in [4.69, 9.17) is 4.74 Å². The third-order valence-corrected chi connectivity index (χ3v) is 2.85. The van der Waals surface area contributed by atoms with Crippen LogP contribution in [0.4, 0.5) is 13.2 Å². The van der Waals surface area contributed by atoms with Gasteiger partial charge in [0.25, 0.3) is 0 Å². The summed E-state index contributed by atoms with van der Waals surface area (Å²) in [6.07, 6.45) is -4.45. The van der Waals surface area contributed by atoms with Crippen LogP contribution in [0.1, 0.15) is 5.56 Å². The van der Waals surface area contributed by atoms with Crippen LogP contribution >= 0.6 is 15.9 Å². The standard InChI is InChI=1S/C12H15BrF3N3O/c1-17-11(18-2)19-5-6-20-10-4-3-8(13)7-9(10)12(14,15)16/h3-4,7H,5-6H2,1-2H3,(H2,17,18,19). The van der Waals surface area contributed by atoms with Gasteiger partial charge in [-0.05, 0) is 18.2 Å². The topological polar surface area (TPSA) is 45.7 Å². The molecule has 0 amide bonds. The first-order chi connectivity index (χ1) is 9.38. The molecule has 8 heteroatoms. The van der Waals surface area contributed by atoms with Crippen molar-refractivity contribution in [1.29, 1.82) is 0 Å². The molecule has 0 aliphatic heterocycles. The van der Waals surface area contributed by atoms with Gasteiger partial charge in [-0.2, -0.15) is 13.2 Å². The Morgan fingerprint density at radius 1 is 1.40 bits per heavy atom. The van der Waals surface area contributed by atoms with Crippen molar-refractivity contribution in [3.8, 4) is 5.75 Å². The van der Waals surface area contributed by atoms with Crippen LogP contribution in [0.3, 0.4) is 0 Å². The molecule has 0 saturated heterocycles. The summed E-state index contributed by atoms with van der Waals surface area (Å²) in [6.45, 7) is 0.423. The first-order valence-corrected chi connectivity index (χ1v) is 6.55. The highest BCUT2D eigenvalue weighted by molar-refractivity contribution is 9.10. The number of nitrogens with one attached hydrogen (secondary N) is 2. The first-order valence-electron chi connectivity index (χ1n) is 5.76. The van der Waals surface area contributed by atoms with E-state index >= 15 is 0 Å². The monoisotopic (exact) mass is 353 g/mol. The molecule has 0 aliphatic rings. The highest BCUT2D eigenvalue weighted by Gasteiger charge is 2.34. The number of ether oxygens (including phenoxy) is 1. The molecule has 1 aromatic rings. The third-order valence-electron chi connectivity index (χ3n) is 2.36. The van der Waals surface area contributed by atoms with Crippen LogP contribution in [0.5, 0.6) is 5.75 Å². The molecule has 20 heavy (non-hydrogen) atoms. The molecule has 112 valence electrons. The summed E-state index contributed by atoms with van der Waals surface area (Å²) in [5.74, 6) is 0.349. The summed E-state index contributed by atoms with van der Waals surface area (Å²) in [5.41, 5.74) is -0.801. The second-order valence-corrected chi connectivity index (χ2v) is 4.65. The van der Waals surface area contributed by atoms with Crippen LogP contribution in [0.15, 0.2) is 27.7 Å². The van der Waals surface area contributed by atoms with Gasteiger partial charge in [0.1, 0.15) is 12.4 Å². The number of hydrogen-bond acceptors (Lipinski definition) is 2. The van der Waals surface area contributed by atoms with Crippen LogP contribution in [0.2, 0.25) is 0 Å². The Hall–Kier alpha value is -1.44. The van der Waals surface area contributed by atoms with Gasteiger partial charge in [0.05, 0.1) is 12.1 Å². The molecule has 1 rings (SSSR count). The highest BCUT2D eigenvalue weighted by atomic mass is 79.9. The Bertz CT molecular complexity index is 478. The number of hydrogen-bond donors (Lipinski definition) is 2. The first kappa shape index (κ1) is 16.6. The maximum Gasteiger partial charge on any atom is 0.420 e. The molecule has 4 nitrogen and oxygen atoms in total. The molecular weight excluding hydrogens is 339 g/mol. The van der Waals surface area contributed by atoms with Gasteiger partial charge in [-0.1, -0.05) is 15.9 Å². The summed E-state index contributed by atoms with van der Waals surface area (Å²) >= 11 is 3.02. The highest BCUT2D eigenvalue weighted by Crippen LogP contribution is 2.37. The Balaban J connectivity index is 2.65. The lowest BCUT2D eigenvalue weighted by molar-refractivity contribution is -0.139. The summed E-state index contributed by atoms with van der Waals surface area (Å²) in [6, 6.07) is 3.79. The van der Waals surface area contributed by atoms with Crippen molar-refractivity contribution < 1.29 is 17.9 Å². The van der Waals surface area contributed by atoms with E-state index in [1.54, 1.807) is 14.1 Å². The van der Waals surface area contributed by atoms with Crippen LogP contribution in [-0.4, -0.2) is 33.2 Å². The molecule has 0 aliphatic carbocycles. The Labute approximate surface area is 123 Å². The number of alkyl halides is 3. The van der Waals surface area contributed by atoms with E-state index < -0.39 is 11.7 Å². The zero-order valence-corrected chi connectivity index (χ0v) is 12.6.